The second kappa shape index (κ2) is 2.60. The summed E-state index contributed by atoms with van der Waals surface area (Å²) in [6.45, 7) is -0.423. The molecule has 1 aliphatic rings. The largest absolute Gasteiger partial charge is 0.394 e. The van der Waals surface area contributed by atoms with Crippen LogP contribution >= 0.6 is 0 Å². The molecule has 2 N–H and O–H groups in total. The van der Waals surface area contributed by atoms with Crippen molar-refractivity contribution in [1.29, 1.82) is 0 Å². The van der Waals surface area contributed by atoms with Gasteiger partial charge in [-0.15, -0.1) is 0 Å². The van der Waals surface area contributed by atoms with Crippen LogP contribution in [0.1, 0.15) is 0 Å². The summed E-state index contributed by atoms with van der Waals surface area (Å²) in [6.07, 6.45) is -3.20. The monoisotopic (exact) mass is 136 g/mol. The molecule has 0 aromatic carbocycles. The molecule has 1 unspecified atom stereocenters. The smallest absolute Gasteiger partial charge is 0.152 e. The Hall–Kier alpha value is -0.190. The Bertz CT molecular complexity index is 98.2. The summed E-state index contributed by atoms with van der Waals surface area (Å²) in [4.78, 5) is 0. The maximum absolute atomic E-state index is 12.3. The fourth-order valence-corrected chi connectivity index (χ4v) is 0.806. The Balaban J connectivity index is 2.41. The summed E-state index contributed by atoms with van der Waals surface area (Å²) in [5.74, 6) is 0. The van der Waals surface area contributed by atoms with Crippen LogP contribution in [-0.2, 0) is 4.74 Å². The molecule has 0 aromatic heterocycles. The molecule has 4 heteroatoms. The lowest BCUT2D eigenvalue weighted by molar-refractivity contribution is 0.000304. The minimum Gasteiger partial charge on any atom is -0.394 e. The molecule has 1 fully saturated rings. The topological polar surface area (TPSA) is 49.7 Å². The van der Waals surface area contributed by atoms with Crippen LogP contribution in [0.15, 0.2) is 0 Å². The first-order chi connectivity index (χ1) is 4.25. The van der Waals surface area contributed by atoms with Crippen molar-refractivity contribution in [3.63, 3.8) is 0 Å². The zero-order valence-corrected chi connectivity index (χ0v) is 4.83. The van der Waals surface area contributed by atoms with Crippen molar-refractivity contribution in [3.8, 4) is 0 Å². The van der Waals surface area contributed by atoms with Crippen LogP contribution in [0, 0.1) is 0 Å². The number of halogens is 1. The number of aliphatic hydroxyl groups is 2. The van der Waals surface area contributed by atoms with Gasteiger partial charge < -0.3 is 14.9 Å². The van der Waals surface area contributed by atoms with Crippen molar-refractivity contribution in [2.45, 2.75) is 18.4 Å². The van der Waals surface area contributed by atoms with Crippen molar-refractivity contribution in [2.75, 3.05) is 13.2 Å². The van der Waals surface area contributed by atoms with E-state index in [1.807, 2.05) is 0 Å². The van der Waals surface area contributed by atoms with Gasteiger partial charge in [0.25, 0.3) is 0 Å². The average molecular weight is 136 g/mol. The molecule has 0 aromatic rings. The highest BCUT2D eigenvalue weighted by molar-refractivity contribution is 4.82. The lowest BCUT2D eigenvalue weighted by Gasteiger charge is -2.09. The van der Waals surface area contributed by atoms with Gasteiger partial charge >= 0.3 is 0 Å². The Kier molecular flexibility index (Phi) is 2.00. The van der Waals surface area contributed by atoms with Gasteiger partial charge in [0.1, 0.15) is 12.2 Å². The number of alkyl halides is 1. The average Bonchev–Trinajstić information content (AvgIpc) is 2.15. The molecular formula is C5H9FO3. The van der Waals surface area contributed by atoms with E-state index in [0.29, 0.717) is 0 Å². The van der Waals surface area contributed by atoms with E-state index in [2.05, 4.69) is 4.74 Å². The molecular weight excluding hydrogens is 127 g/mol. The van der Waals surface area contributed by atoms with E-state index < -0.39 is 18.4 Å². The molecule has 1 heterocycles. The van der Waals surface area contributed by atoms with Crippen molar-refractivity contribution in [1.82, 2.24) is 0 Å². The predicted octanol–water partition coefficient (Wildman–Crippen LogP) is -0.923. The van der Waals surface area contributed by atoms with Crippen LogP contribution in [0.4, 0.5) is 4.39 Å². The number of aliphatic hydroxyl groups excluding tert-OH is 2. The highest BCUT2D eigenvalue weighted by Gasteiger charge is 2.35. The van der Waals surface area contributed by atoms with Crippen LogP contribution in [0.2, 0.25) is 0 Å². The minimum atomic E-state index is -1.33. The van der Waals surface area contributed by atoms with Crippen LogP contribution in [0.25, 0.3) is 0 Å². The van der Waals surface area contributed by atoms with Gasteiger partial charge in [0, 0.05) is 0 Å². The molecule has 0 aliphatic carbocycles. The fourth-order valence-electron chi connectivity index (χ4n) is 0.806. The van der Waals surface area contributed by atoms with Crippen molar-refractivity contribution in [2.24, 2.45) is 0 Å². The molecule has 54 valence electrons. The van der Waals surface area contributed by atoms with E-state index in [0.717, 1.165) is 0 Å². The summed E-state index contributed by atoms with van der Waals surface area (Å²) in [5, 5.41) is 17.2. The molecule has 1 aliphatic heterocycles. The van der Waals surface area contributed by atoms with Crippen LogP contribution in [0.3, 0.4) is 0 Å². The van der Waals surface area contributed by atoms with Gasteiger partial charge in [0.05, 0.1) is 13.2 Å². The molecule has 3 atom stereocenters. The van der Waals surface area contributed by atoms with E-state index in [1.165, 1.54) is 0 Å². The molecule has 1 saturated heterocycles. The second-order valence-corrected chi connectivity index (χ2v) is 2.06. The standard InChI is InChI=1S/C5H9FO3/c6-3-2-9-4(1-7)5(3)8/h3-5,7-8H,1-2H2/t3-,4?,5+/m1/s1. The van der Waals surface area contributed by atoms with Gasteiger partial charge in [-0.25, -0.2) is 4.39 Å². The van der Waals surface area contributed by atoms with Gasteiger partial charge in [-0.05, 0) is 0 Å². The van der Waals surface area contributed by atoms with Gasteiger partial charge in [0.2, 0.25) is 0 Å². The molecule has 9 heavy (non-hydrogen) atoms. The summed E-state index contributed by atoms with van der Waals surface area (Å²) in [5.41, 5.74) is 0. The lowest BCUT2D eigenvalue weighted by Crippen LogP contribution is -2.29. The number of ether oxygens (including phenoxy) is 1. The molecule has 0 saturated carbocycles. The van der Waals surface area contributed by atoms with Crippen LogP contribution in [-0.4, -0.2) is 41.8 Å². The number of hydrogen-bond acceptors (Lipinski definition) is 3. The zero-order valence-electron chi connectivity index (χ0n) is 4.83. The highest BCUT2D eigenvalue weighted by Crippen LogP contribution is 2.15. The quantitative estimate of drug-likeness (QED) is 0.490. The summed E-state index contributed by atoms with van der Waals surface area (Å²) in [7, 11) is 0. The fraction of sp³-hybridized carbons (Fsp3) is 1.00. The van der Waals surface area contributed by atoms with Crippen LogP contribution in [0.5, 0.6) is 0 Å². The first-order valence-electron chi connectivity index (χ1n) is 2.80. The Morgan fingerprint density at radius 1 is 1.67 bits per heavy atom. The third kappa shape index (κ3) is 1.20. The van der Waals surface area contributed by atoms with Crippen molar-refractivity contribution in [3.05, 3.63) is 0 Å². The van der Waals surface area contributed by atoms with Gasteiger partial charge in [0.15, 0.2) is 6.17 Å². The summed E-state index contributed by atoms with van der Waals surface area (Å²) in [6, 6.07) is 0. The first kappa shape index (κ1) is 6.92. The highest BCUT2D eigenvalue weighted by atomic mass is 19.1. The zero-order chi connectivity index (χ0) is 6.85. The Morgan fingerprint density at radius 2 is 2.33 bits per heavy atom. The molecule has 0 amide bonds. The molecule has 0 radical (unpaired) electrons. The second-order valence-electron chi connectivity index (χ2n) is 2.06. The molecule has 1 rings (SSSR count). The van der Waals surface area contributed by atoms with Gasteiger partial charge in [-0.1, -0.05) is 0 Å². The van der Waals surface area contributed by atoms with E-state index in [9.17, 15) is 4.39 Å². The van der Waals surface area contributed by atoms with E-state index in [-0.39, 0.29) is 13.2 Å². The predicted molar refractivity (Wildman–Crippen MR) is 27.7 cm³/mol. The summed E-state index contributed by atoms with van der Waals surface area (Å²) < 4.78 is 16.9. The number of rotatable bonds is 1. The maximum atomic E-state index is 12.3. The van der Waals surface area contributed by atoms with E-state index >= 15 is 0 Å². The molecule has 0 spiro atoms. The SMILES string of the molecule is OCC1OC[C@@H](F)[C@@H]1O. The molecule has 3 nitrogen and oxygen atoms in total. The summed E-state index contributed by atoms with van der Waals surface area (Å²) >= 11 is 0. The third-order valence-corrected chi connectivity index (χ3v) is 1.40. The van der Waals surface area contributed by atoms with Crippen molar-refractivity contribution < 1.29 is 19.3 Å². The first-order valence-corrected chi connectivity index (χ1v) is 2.80. The minimum absolute atomic E-state index is 0.105. The number of hydrogen-bond donors (Lipinski definition) is 2. The van der Waals surface area contributed by atoms with Gasteiger partial charge in [-0.2, -0.15) is 0 Å². The third-order valence-electron chi connectivity index (χ3n) is 1.40. The normalized spacial score (nSPS) is 43.7. The maximum Gasteiger partial charge on any atom is 0.152 e. The lowest BCUT2D eigenvalue weighted by atomic mass is 10.2. The van der Waals surface area contributed by atoms with E-state index in [1.54, 1.807) is 0 Å². The Morgan fingerprint density at radius 3 is 2.56 bits per heavy atom. The molecule has 0 bridgehead atoms. The van der Waals surface area contributed by atoms with E-state index in [4.69, 9.17) is 10.2 Å². The Labute approximate surface area is 52.1 Å². The van der Waals surface area contributed by atoms with Gasteiger partial charge in [-0.3, -0.25) is 0 Å². The van der Waals surface area contributed by atoms with Crippen LogP contribution < -0.4 is 0 Å². The van der Waals surface area contributed by atoms with Crippen molar-refractivity contribution >= 4 is 0 Å².